The number of alkyl halides is 3. The molecule has 3 amide bonds. The molecule has 6 rings (SSSR count). The molecule has 0 saturated carbocycles. The number of methoxy groups -OCH3 is 1. The molecular formula is C35H35ClF4N8O6. The fourth-order valence-corrected chi connectivity index (χ4v) is 6.50. The zero-order valence-electron chi connectivity index (χ0n) is 29.1. The summed E-state index contributed by atoms with van der Waals surface area (Å²) in [6, 6.07) is 6.28. The summed E-state index contributed by atoms with van der Waals surface area (Å²) in [5.74, 6) is -1.99. The Balaban J connectivity index is 1.25. The summed E-state index contributed by atoms with van der Waals surface area (Å²) < 4.78 is 67.0. The van der Waals surface area contributed by atoms with Gasteiger partial charge in [0.05, 0.1) is 54.4 Å². The molecule has 0 radical (unpaired) electrons. The summed E-state index contributed by atoms with van der Waals surface area (Å²) in [7, 11) is 1.38. The minimum absolute atomic E-state index is 0.0369. The number of nitrogens with zero attached hydrogens (tertiary/aromatic N) is 6. The van der Waals surface area contributed by atoms with Crippen molar-refractivity contribution in [2.24, 2.45) is 0 Å². The van der Waals surface area contributed by atoms with Crippen LogP contribution in [0.2, 0.25) is 5.02 Å². The predicted octanol–water partition coefficient (Wildman–Crippen LogP) is 3.79. The van der Waals surface area contributed by atoms with Crippen LogP contribution in [0.15, 0.2) is 47.3 Å². The van der Waals surface area contributed by atoms with E-state index in [1.807, 2.05) is 0 Å². The minimum atomic E-state index is -4.63. The molecule has 2 aromatic carbocycles. The van der Waals surface area contributed by atoms with Crippen molar-refractivity contribution in [3.63, 3.8) is 0 Å². The Morgan fingerprint density at radius 2 is 1.83 bits per heavy atom. The molecule has 2 aliphatic rings. The number of nitrogens with one attached hydrogen (secondary N) is 2. The maximum atomic E-state index is 14.3. The maximum absolute atomic E-state index is 14.3. The highest BCUT2D eigenvalue weighted by molar-refractivity contribution is 6.33. The zero-order chi connectivity index (χ0) is 38.7. The van der Waals surface area contributed by atoms with Gasteiger partial charge in [-0.1, -0.05) is 24.6 Å². The Kier molecular flexibility index (Phi) is 11.2. The number of carbonyl (C=O) groups is 3. The van der Waals surface area contributed by atoms with Gasteiger partial charge in [-0.3, -0.25) is 19.2 Å². The van der Waals surface area contributed by atoms with Crippen molar-refractivity contribution in [2.75, 3.05) is 63.3 Å². The van der Waals surface area contributed by atoms with Gasteiger partial charge in [-0.15, -0.1) is 5.10 Å². The first-order valence-electron chi connectivity index (χ1n) is 16.9. The molecule has 0 bridgehead atoms. The zero-order valence-corrected chi connectivity index (χ0v) is 29.9. The number of hydrogen-bond acceptors (Lipinski definition) is 9. The highest BCUT2D eigenvalue weighted by Crippen LogP contribution is 2.34. The van der Waals surface area contributed by atoms with E-state index in [0.717, 1.165) is 34.4 Å². The normalized spacial score (nSPS) is 14.9. The second kappa shape index (κ2) is 15.9. The second-order valence-electron chi connectivity index (χ2n) is 12.4. The van der Waals surface area contributed by atoms with E-state index < -0.39 is 53.9 Å². The quantitative estimate of drug-likeness (QED) is 0.229. The highest BCUT2D eigenvalue weighted by atomic mass is 35.5. The van der Waals surface area contributed by atoms with Crippen molar-refractivity contribution in [1.82, 2.24) is 29.4 Å². The summed E-state index contributed by atoms with van der Waals surface area (Å²) in [5, 5.41) is 9.21. The molecule has 4 heterocycles. The van der Waals surface area contributed by atoms with Gasteiger partial charge in [0, 0.05) is 26.2 Å². The summed E-state index contributed by atoms with van der Waals surface area (Å²) in [6.45, 7) is 2.52. The van der Waals surface area contributed by atoms with Crippen LogP contribution in [0.3, 0.4) is 0 Å². The summed E-state index contributed by atoms with van der Waals surface area (Å²) in [6.07, 6.45) is -2.06. The molecule has 2 N–H and O–H groups in total. The first-order valence-corrected chi connectivity index (χ1v) is 17.3. The lowest BCUT2D eigenvalue weighted by molar-refractivity contribution is -0.137. The average Bonchev–Trinajstić information content (AvgIpc) is 3.62. The number of amides is 3. The largest absolute Gasteiger partial charge is 0.497 e. The van der Waals surface area contributed by atoms with Crippen molar-refractivity contribution in [1.29, 1.82) is 0 Å². The molecule has 2 aliphatic heterocycles. The van der Waals surface area contributed by atoms with Crippen molar-refractivity contribution in [2.45, 2.75) is 32.5 Å². The molecule has 1 fully saturated rings. The first-order chi connectivity index (χ1) is 25.8. The van der Waals surface area contributed by atoms with Gasteiger partial charge in [0.2, 0.25) is 17.6 Å². The molecule has 4 aromatic rings. The number of hydrogen-bond donors (Lipinski definition) is 2. The molecular weight excluding hydrogens is 740 g/mol. The Morgan fingerprint density at radius 3 is 2.48 bits per heavy atom. The van der Waals surface area contributed by atoms with Crippen molar-refractivity contribution in [3.8, 4) is 5.75 Å². The molecule has 0 unspecified atom stereocenters. The fraction of sp³-hybridized carbons (Fsp3) is 0.371. The van der Waals surface area contributed by atoms with Crippen molar-refractivity contribution in [3.05, 3.63) is 86.3 Å². The third kappa shape index (κ3) is 8.03. The van der Waals surface area contributed by atoms with Gasteiger partial charge in [0.15, 0.2) is 5.82 Å². The van der Waals surface area contributed by atoms with E-state index in [-0.39, 0.29) is 71.9 Å². The molecule has 2 aromatic heterocycles. The Hall–Kier alpha value is -5.49. The second-order valence-corrected chi connectivity index (χ2v) is 12.8. The maximum Gasteiger partial charge on any atom is 0.416 e. The molecule has 1 saturated heterocycles. The van der Waals surface area contributed by atoms with Gasteiger partial charge >= 0.3 is 6.18 Å². The van der Waals surface area contributed by atoms with E-state index in [0.29, 0.717) is 25.3 Å². The van der Waals surface area contributed by atoms with Crippen LogP contribution >= 0.6 is 11.6 Å². The lowest BCUT2D eigenvalue weighted by Crippen LogP contribution is -2.52. The Morgan fingerprint density at radius 1 is 1.07 bits per heavy atom. The summed E-state index contributed by atoms with van der Waals surface area (Å²) in [4.78, 5) is 61.3. The topological polar surface area (TPSA) is 152 Å². The van der Waals surface area contributed by atoms with Gasteiger partial charge in [0.1, 0.15) is 23.8 Å². The number of benzene rings is 2. The van der Waals surface area contributed by atoms with Crippen LogP contribution in [-0.2, 0) is 33.5 Å². The minimum Gasteiger partial charge on any atom is -0.497 e. The fourth-order valence-electron chi connectivity index (χ4n) is 6.27. The van der Waals surface area contributed by atoms with Gasteiger partial charge in [-0.05, 0) is 54.8 Å². The third-order valence-electron chi connectivity index (χ3n) is 9.05. The molecule has 0 aliphatic carbocycles. The van der Waals surface area contributed by atoms with Crippen molar-refractivity contribution < 1.29 is 41.4 Å². The van der Waals surface area contributed by atoms with Crippen LogP contribution in [0.1, 0.15) is 40.8 Å². The van der Waals surface area contributed by atoms with Gasteiger partial charge in [0.25, 0.3) is 11.5 Å². The lowest BCUT2D eigenvalue weighted by atomic mass is 10.1. The molecule has 0 spiro atoms. The van der Waals surface area contributed by atoms with Crippen LogP contribution < -0.4 is 25.8 Å². The monoisotopic (exact) mass is 774 g/mol. The van der Waals surface area contributed by atoms with E-state index in [2.05, 4.69) is 20.7 Å². The molecule has 19 heteroatoms. The smallest absolute Gasteiger partial charge is 0.416 e. The molecule has 14 nitrogen and oxygen atoms in total. The summed E-state index contributed by atoms with van der Waals surface area (Å²) >= 11 is 6.11. The average molecular weight is 775 g/mol. The number of rotatable bonds is 10. The molecule has 0 atom stereocenters. The van der Waals surface area contributed by atoms with Gasteiger partial charge < -0.3 is 34.5 Å². The first kappa shape index (κ1) is 38.2. The number of ether oxygens (including phenoxy) is 2. The van der Waals surface area contributed by atoms with Crippen LogP contribution in [0.5, 0.6) is 5.75 Å². The van der Waals surface area contributed by atoms with Gasteiger partial charge in [-0.25, -0.2) is 4.39 Å². The predicted molar refractivity (Wildman–Crippen MR) is 189 cm³/mol. The van der Waals surface area contributed by atoms with E-state index >= 15 is 0 Å². The molecule has 54 heavy (non-hydrogen) atoms. The highest BCUT2D eigenvalue weighted by Gasteiger charge is 2.32. The number of halogens is 5. The standard InChI is InChI=1S/C35H35ClF4N8O6/c1-3-27-30(46-12-10-45(11-13-46)29(50)18-41-32(51)23-17-22(53-2)5-6-25(23)37)33(52)48-34(43-31(44-48)20-8-14-54-15-9-20)47(27)19-28(49)42-26-7-4-21(16-24(26)36)35(38,39)40/h4-8,16-17H,3,9-15,18-19H2,1-2H3,(H,41,51)(H,42,49). The van der Waals surface area contributed by atoms with E-state index in [9.17, 15) is 36.7 Å². The number of carbonyl (C=O) groups excluding carboxylic acids is 3. The Labute approximate surface area is 310 Å². The Bertz CT molecular complexity index is 2200. The van der Waals surface area contributed by atoms with Crippen molar-refractivity contribution >= 4 is 52.0 Å². The van der Waals surface area contributed by atoms with E-state index in [1.54, 1.807) is 17.9 Å². The van der Waals surface area contributed by atoms with Gasteiger partial charge in [-0.2, -0.15) is 22.7 Å². The summed E-state index contributed by atoms with van der Waals surface area (Å²) in [5.41, 5.74) is -0.353. The lowest BCUT2D eigenvalue weighted by Gasteiger charge is -2.36. The van der Waals surface area contributed by atoms with Crippen LogP contribution in [0, 0.1) is 5.82 Å². The van der Waals surface area contributed by atoms with Crippen LogP contribution in [0.4, 0.5) is 28.9 Å². The number of aromatic nitrogens is 4. The van der Waals surface area contributed by atoms with Crippen LogP contribution in [-0.4, -0.2) is 94.8 Å². The molecule has 286 valence electrons. The van der Waals surface area contributed by atoms with Crippen LogP contribution in [0.25, 0.3) is 11.4 Å². The number of piperazine rings is 1. The SMILES string of the molecule is CCc1c(N2CCN(C(=O)CNC(=O)c3cc(OC)ccc3F)CC2)c(=O)n2nc(C3=CCOCC3)nc2n1CC(=O)Nc1ccc(C(F)(F)F)cc1Cl. The van der Waals surface area contributed by atoms with E-state index in [4.69, 9.17) is 21.1 Å². The number of fused-ring (bicyclic) bond motifs is 1. The van der Waals surface area contributed by atoms with E-state index in [1.165, 1.54) is 28.7 Å². The number of anilines is 2. The third-order valence-corrected chi connectivity index (χ3v) is 9.36.